The first-order chi connectivity index (χ1) is 9.60. The number of aryl methyl sites for hydroxylation is 1. The van der Waals surface area contributed by atoms with Crippen molar-refractivity contribution in [3.05, 3.63) is 40.2 Å². The van der Waals surface area contributed by atoms with Crippen molar-refractivity contribution in [2.24, 2.45) is 0 Å². The van der Waals surface area contributed by atoms with Gasteiger partial charge in [0.1, 0.15) is 5.82 Å². The molecule has 0 saturated heterocycles. The second-order valence-electron chi connectivity index (χ2n) is 4.24. The van der Waals surface area contributed by atoms with Crippen LogP contribution in [0.3, 0.4) is 0 Å². The Kier molecular flexibility index (Phi) is 4.62. The second kappa shape index (κ2) is 6.42. The quantitative estimate of drug-likeness (QED) is 0.885. The van der Waals surface area contributed by atoms with Gasteiger partial charge in [-0.05, 0) is 36.6 Å². The predicted molar refractivity (Wildman–Crippen MR) is 76.6 cm³/mol. The highest BCUT2D eigenvalue weighted by molar-refractivity contribution is 7.17. The number of aromatic nitrogens is 2. The van der Waals surface area contributed by atoms with Gasteiger partial charge in [0.25, 0.3) is 5.91 Å². The summed E-state index contributed by atoms with van der Waals surface area (Å²) in [5, 5.41) is 14.1. The van der Waals surface area contributed by atoms with E-state index < -0.39 is 0 Å². The smallest absolute Gasteiger partial charge is 0.282 e. The minimum absolute atomic E-state index is 0.247. The highest BCUT2D eigenvalue weighted by Crippen LogP contribution is 2.14. The minimum atomic E-state index is -0.247. The number of benzene rings is 1. The molecule has 0 radical (unpaired) electrons. The van der Waals surface area contributed by atoms with E-state index in [0.29, 0.717) is 23.1 Å². The second-order valence-corrected chi connectivity index (χ2v) is 5.22. The van der Waals surface area contributed by atoms with E-state index in [9.17, 15) is 9.18 Å². The van der Waals surface area contributed by atoms with Crippen LogP contribution in [-0.2, 0) is 6.42 Å². The predicted octanol–water partition coefficient (Wildman–Crippen LogP) is 2.00. The van der Waals surface area contributed by atoms with Gasteiger partial charge in [0.2, 0.25) is 10.1 Å². The topological polar surface area (TPSA) is 66.9 Å². The summed E-state index contributed by atoms with van der Waals surface area (Å²) < 4.78 is 13.0. The number of amides is 1. The van der Waals surface area contributed by atoms with E-state index in [4.69, 9.17) is 0 Å². The summed E-state index contributed by atoms with van der Waals surface area (Å²) in [6, 6.07) is 4.65. The van der Waals surface area contributed by atoms with Crippen LogP contribution < -0.4 is 10.6 Å². The van der Waals surface area contributed by atoms with Gasteiger partial charge in [-0.15, -0.1) is 10.2 Å². The molecule has 106 valence electrons. The molecule has 0 saturated carbocycles. The molecule has 0 spiro atoms. The molecule has 0 unspecified atom stereocenters. The Bertz CT molecular complexity index is 614. The number of nitrogens with zero attached hydrogens (tertiary/aromatic N) is 2. The molecule has 1 aromatic carbocycles. The third-order valence-electron chi connectivity index (χ3n) is 2.82. The molecule has 0 aliphatic heterocycles. The van der Waals surface area contributed by atoms with Gasteiger partial charge in [0.15, 0.2) is 0 Å². The van der Waals surface area contributed by atoms with Crippen LogP contribution in [0.4, 0.5) is 9.52 Å². The SMILES string of the molecule is CNc1nnc(C(=O)NCCc2ccc(F)cc2C)s1. The number of rotatable bonds is 5. The van der Waals surface area contributed by atoms with Crippen molar-refractivity contribution < 1.29 is 9.18 Å². The van der Waals surface area contributed by atoms with Crippen LogP contribution in [0.5, 0.6) is 0 Å². The van der Waals surface area contributed by atoms with Crippen molar-refractivity contribution in [3.63, 3.8) is 0 Å². The molecule has 7 heteroatoms. The van der Waals surface area contributed by atoms with Crippen LogP contribution in [-0.4, -0.2) is 29.7 Å². The minimum Gasteiger partial charge on any atom is -0.363 e. The molecule has 2 rings (SSSR count). The van der Waals surface area contributed by atoms with Crippen LogP contribution >= 0.6 is 11.3 Å². The van der Waals surface area contributed by atoms with Gasteiger partial charge in [-0.3, -0.25) is 4.79 Å². The molecule has 0 atom stereocenters. The Labute approximate surface area is 120 Å². The fraction of sp³-hybridized carbons (Fsp3) is 0.308. The molecule has 0 fully saturated rings. The first-order valence-corrected chi connectivity index (χ1v) is 6.96. The molecule has 1 heterocycles. The summed E-state index contributed by atoms with van der Waals surface area (Å²) in [5.41, 5.74) is 1.90. The molecular formula is C13H15FN4OS. The van der Waals surface area contributed by atoms with Gasteiger partial charge in [-0.2, -0.15) is 0 Å². The Morgan fingerprint density at radius 3 is 2.85 bits per heavy atom. The van der Waals surface area contributed by atoms with Gasteiger partial charge >= 0.3 is 0 Å². The summed E-state index contributed by atoms with van der Waals surface area (Å²) in [6.07, 6.45) is 0.648. The zero-order valence-electron chi connectivity index (χ0n) is 11.2. The maximum atomic E-state index is 13.0. The van der Waals surface area contributed by atoms with Crippen LogP contribution in [0.25, 0.3) is 0 Å². The first-order valence-electron chi connectivity index (χ1n) is 6.14. The lowest BCUT2D eigenvalue weighted by Gasteiger charge is -2.06. The lowest BCUT2D eigenvalue weighted by atomic mass is 10.1. The van der Waals surface area contributed by atoms with Gasteiger partial charge in [-0.1, -0.05) is 17.4 Å². The zero-order valence-corrected chi connectivity index (χ0v) is 12.1. The molecule has 1 aromatic heterocycles. The van der Waals surface area contributed by atoms with E-state index in [1.807, 2.05) is 6.92 Å². The molecule has 0 bridgehead atoms. The van der Waals surface area contributed by atoms with Crippen molar-refractivity contribution in [1.29, 1.82) is 0 Å². The molecule has 2 N–H and O–H groups in total. The summed E-state index contributed by atoms with van der Waals surface area (Å²) >= 11 is 1.20. The van der Waals surface area contributed by atoms with E-state index in [1.165, 1.54) is 23.5 Å². The lowest BCUT2D eigenvalue weighted by Crippen LogP contribution is -2.25. The normalized spacial score (nSPS) is 10.3. The van der Waals surface area contributed by atoms with E-state index in [-0.39, 0.29) is 11.7 Å². The molecule has 1 amide bonds. The van der Waals surface area contributed by atoms with Crippen molar-refractivity contribution in [2.75, 3.05) is 18.9 Å². The van der Waals surface area contributed by atoms with Crippen molar-refractivity contribution in [3.8, 4) is 0 Å². The average molecular weight is 294 g/mol. The fourth-order valence-electron chi connectivity index (χ4n) is 1.74. The summed E-state index contributed by atoms with van der Waals surface area (Å²) in [6.45, 7) is 2.32. The Morgan fingerprint density at radius 2 is 2.20 bits per heavy atom. The molecule has 0 aliphatic rings. The third-order valence-corrected chi connectivity index (χ3v) is 3.76. The van der Waals surface area contributed by atoms with Crippen LogP contribution in [0.15, 0.2) is 18.2 Å². The zero-order chi connectivity index (χ0) is 14.5. The maximum Gasteiger partial charge on any atom is 0.282 e. The fourth-order valence-corrected chi connectivity index (χ4v) is 2.36. The highest BCUT2D eigenvalue weighted by Gasteiger charge is 2.11. The van der Waals surface area contributed by atoms with Gasteiger partial charge < -0.3 is 10.6 Å². The number of hydrogen-bond acceptors (Lipinski definition) is 5. The highest BCUT2D eigenvalue weighted by atomic mass is 32.1. The average Bonchev–Trinajstić information content (AvgIpc) is 2.90. The maximum absolute atomic E-state index is 13.0. The molecule has 0 aliphatic carbocycles. The molecule has 2 aromatic rings. The third kappa shape index (κ3) is 3.51. The Hall–Kier alpha value is -2.02. The summed E-state index contributed by atoms with van der Waals surface area (Å²) in [4.78, 5) is 11.8. The van der Waals surface area contributed by atoms with Crippen molar-refractivity contribution >= 4 is 22.4 Å². The van der Waals surface area contributed by atoms with Crippen LogP contribution in [0.2, 0.25) is 0 Å². The number of nitrogens with one attached hydrogen (secondary N) is 2. The number of halogens is 1. The molecule has 20 heavy (non-hydrogen) atoms. The monoisotopic (exact) mass is 294 g/mol. The van der Waals surface area contributed by atoms with E-state index >= 15 is 0 Å². The number of carbonyl (C=O) groups is 1. The lowest BCUT2D eigenvalue weighted by molar-refractivity contribution is 0.0953. The molecular weight excluding hydrogens is 279 g/mol. The van der Waals surface area contributed by atoms with Crippen LogP contribution in [0.1, 0.15) is 20.9 Å². The summed E-state index contributed by atoms with van der Waals surface area (Å²) in [5.74, 6) is -0.493. The van der Waals surface area contributed by atoms with Gasteiger partial charge in [0, 0.05) is 13.6 Å². The van der Waals surface area contributed by atoms with E-state index in [1.54, 1.807) is 13.1 Å². The number of carbonyl (C=O) groups excluding carboxylic acids is 1. The summed E-state index contributed by atoms with van der Waals surface area (Å²) in [7, 11) is 1.72. The number of hydrogen-bond donors (Lipinski definition) is 2. The van der Waals surface area contributed by atoms with E-state index in [2.05, 4.69) is 20.8 Å². The van der Waals surface area contributed by atoms with E-state index in [0.717, 1.165) is 11.1 Å². The Balaban J connectivity index is 1.87. The standard InChI is InChI=1S/C13H15FN4OS/c1-8-7-10(14)4-3-9(8)5-6-16-11(19)12-17-18-13(15-2)20-12/h3-4,7H,5-6H2,1-2H3,(H,15,18)(H,16,19). The van der Waals surface area contributed by atoms with Crippen molar-refractivity contribution in [2.45, 2.75) is 13.3 Å². The van der Waals surface area contributed by atoms with Crippen molar-refractivity contribution in [1.82, 2.24) is 15.5 Å². The van der Waals surface area contributed by atoms with Crippen LogP contribution in [0, 0.1) is 12.7 Å². The van der Waals surface area contributed by atoms with Gasteiger partial charge in [-0.25, -0.2) is 4.39 Å². The molecule has 5 nitrogen and oxygen atoms in total. The first kappa shape index (κ1) is 14.4. The largest absolute Gasteiger partial charge is 0.363 e. The number of anilines is 1. The van der Waals surface area contributed by atoms with Gasteiger partial charge in [0.05, 0.1) is 0 Å². The Morgan fingerprint density at radius 1 is 1.40 bits per heavy atom.